The van der Waals surface area contributed by atoms with E-state index in [1.165, 1.54) is 0 Å². The quantitative estimate of drug-likeness (QED) is 0.313. The van der Waals surface area contributed by atoms with Crippen LogP contribution in [-0.4, -0.2) is 79.2 Å². The van der Waals surface area contributed by atoms with Crippen LogP contribution in [0.15, 0.2) is 43.0 Å². The number of piperazine rings is 1. The number of rotatable bonds is 5. The summed E-state index contributed by atoms with van der Waals surface area (Å²) < 4.78 is 0. The van der Waals surface area contributed by atoms with Crippen LogP contribution in [0, 0.1) is 5.41 Å². The summed E-state index contributed by atoms with van der Waals surface area (Å²) in [6.45, 7) is 9.92. The predicted octanol–water partition coefficient (Wildman–Crippen LogP) is 4.08. The number of carbonyl (C=O) groups is 1. The molecule has 39 heavy (non-hydrogen) atoms. The van der Waals surface area contributed by atoms with Gasteiger partial charge in [-0.15, -0.1) is 0 Å². The second kappa shape index (κ2) is 9.73. The highest BCUT2D eigenvalue weighted by Gasteiger charge is 2.21. The van der Waals surface area contributed by atoms with E-state index in [0.717, 1.165) is 65.2 Å². The van der Waals surface area contributed by atoms with Crippen LogP contribution in [0.25, 0.3) is 44.7 Å². The van der Waals surface area contributed by atoms with Gasteiger partial charge in [0, 0.05) is 62.3 Å². The number of H-pyrrole nitrogens is 2. The van der Waals surface area contributed by atoms with Crippen molar-refractivity contribution in [2.45, 2.75) is 27.2 Å². The largest absolute Gasteiger partial charge is 0.352 e. The van der Waals surface area contributed by atoms with Crippen LogP contribution in [0.3, 0.4) is 0 Å². The molecule has 0 spiro atoms. The topological polar surface area (TPSA) is 132 Å². The van der Waals surface area contributed by atoms with Gasteiger partial charge in [0.1, 0.15) is 11.2 Å². The Morgan fingerprint density at radius 1 is 1.05 bits per heavy atom. The number of hydrogen-bond donors (Lipinski definition) is 3. The van der Waals surface area contributed by atoms with Gasteiger partial charge in [0.15, 0.2) is 17.3 Å². The van der Waals surface area contributed by atoms with Gasteiger partial charge in [-0.3, -0.25) is 14.9 Å². The number of hydrogen-bond acceptors (Lipinski definition) is 8. The zero-order valence-corrected chi connectivity index (χ0v) is 22.6. The number of nitrogens with zero attached hydrogens (tertiary/aromatic N) is 7. The highest BCUT2D eigenvalue weighted by molar-refractivity contribution is 5.96. The number of aromatic nitrogens is 7. The van der Waals surface area contributed by atoms with Crippen LogP contribution >= 0.6 is 0 Å². The molecule has 1 aliphatic heterocycles. The molecule has 5 aromatic rings. The summed E-state index contributed by atoms with van der Waals surface area (Å²) in [5, 5.41) is 11.3. The van der Waals surface area contributed by atoms with Crippen LogP contribution in [0.1, 0.15) is 27.2 Å². The van der Waals surface area contributed by atoms with Crippen molar-refractivity contribution in [1.82, 2.24) is 40.0 Å². The Morgan fingerprint density at radius 3 is 2.64 bits per heavy atom. The number of likely N-dealkylation sites (N-methyl/N-ethyl adjacent to an activating group) is 1. The smallest absolute Gasteiger partial charge is 0.224 e. The third kappa shape index (κ3) is 5.17. The molecule has 0 aromatic carbocycles. The fourth-order valence-electron chi connectivity index (χ4n) is 4.88. The third-order valence-electron chi connectivity index (χ3n) is 6.88. The van der Waals surface area contributed by atoms with E-state index in [2.05, 4.69) is 52.3 Å². The van der Waals surface area contributed by atoms with E-state index in [0.29, 0.717) is 23.6 Å². The van der Waals surface area contributed by atoms with Crippen molar-refractivity contribution in [2.24, 2.45) is 5.41 Å². The number of nitrogens with one attached hydrogen (secondary N) is 3. The predicted molar refractivity (Wildman–Crippen MR) is 152 cm³/mol. The first-order valence-corrected chi connectivity index (χ1v) is 13.1. The van der Waals surface area contributed by atoms with Crippen molar-refractivity contribution in [3.8, 4) is 22.6 Å². The lowest BCUT2D eigenvalue weighted by Gasteiger charge is -2.33. The first-order valence-electron chi connectivity index (χ1n) is 13.1. The average molecular weight is 525 g/mol. The van der Waals surface area contributed by atoms with Gasteiger partial charge in [-0.25, -0.2) is 15.0 Å². The second-order valence-corrected chi connectivity index (χ2v) is 11.3. The van der Waals surface area contributed by atoms with Crippen molar-refractivity contribution in [3.63, 3.8) is 0 Å². The molecule has 0 atom stereocenters. The molecule has 1 aliphatic rings. The number of pyridine rings is 3. The Kier molecular flexibility index (Phi) is 6.22. The molecule has 3 N–H and O–H groups in total. The van der Waals surface area contributed by atoms with Gasteiger partial charge in [-0.2, -0.15) is 5.10 Å². The summed E-state index contributed by atoms with van der Waals surface area (Å²) in [5.41, 5.74) is 5.36. The van der Waals surface area contributed by atoms with Crippen LogP contribution in [0.4, 0.5) is 11.5 Å². The molecular weight excluding hydrogens is 492 g/mol. The van der Waals surface area contributed by atoms with Gasteiger partial charge in [-0.05, 0) is 30.7 Å². The van der Waals surface area contributed by atoms with Crippen LogP contribution in [0.2, 0.25) is 0 Å². The molecule has 6 heterocycles. The lowest BCUT2D eigenvalue weighted by Crippen LogP contribution is -2.44. The summed E-state index contributed by atoms with van der Waals surface area (Å²) >= 11 is 0. The summed E-state index contributed by atoms with van der Waals surface area (Å²) in [7, 11) is 2.14. The van der Waals surface area contributed by atoms with Crippen molar-refractivity contribution in [2.75, 3.05) is 43.4 Å². The van der Waals surface area contributed by atoms with Gasteiger partial charge in [0.05, 0.1) is 22.8 Å². The number of amides is 1. The molecule has 0 radical (unpaired) electrons. The van der Waals surface area contributed by atoms with Crippen molar-refractivity contribution >= 4 is 39.5 Å². The minimum absolute atomic E-state index is 0.0394. The van der Waals surface area contributed by atoms with Gasteiger partial charge in [0.2, 0.25) is 5.91 Å². The minimum atomic E-state index is -0.0975. The lowest BCUT2D eigenvalue weighted by molar-refractivity contribution is -0.117. The maximum Gasteiger partial charge on any atom is 0.224 e. The van der Waals surface area contributed by atoms with Crippen molar-refractivity contribution in [1.29, 1.82) is 0 Å². The zero-order valence-electron chi connectivity index (χ0n) is 22.6. The standard InChI is InChI=1S/C28H32N10O/c1-28(2,3)13-22(39)32-19-11-17(14-29-16-19)18-12-20-23(35-36-25(20)31-15-18)26-33-21-5-6-30-27(24(21)34-26)38-9-7-37(4)8-10-38/h5-6,11-12,14-16H,7-10,13H2,1-4H3,(H,32,39)(H,33,34)(H,31,35,36). The van der Waals surface area contributed by atoms with Gasteiger partial charge in [0.25, 0.3) is 0 Å². The van der Waals surface area contributed by atoms with E-state index in [1.807, 2.05) is 45.2 Å². The monoisotopic (exact) mass is 524 g/mol. The molecule has 0 bridgehead atoms. The molecular formula is C28H32N10O. The average Bonchev–Trinajstić information content (AvgIpc) is 3.52. The Morgan fingerprint density at radius 2 is 1.85 bits per heavy atom. The van der Waals surface area contributed by atoms with Gasteiger partial charge < -0.3 is 20.1 Å². The zero-order chi connectivity index (χ0) is 27.1. The summed E-state index contributed by atoms with van der Waals surface area (Å²) in [4.78, 5) is 39.0. The molecule has 0 aliphatic carbocycles. The molecule has 0 saturated carbocycles. The summed E-state index contributed by atoms with van der Waals surface area (Å²) in [5.74, 6) is 1.53. The number of carbonyl (C=O) groups excluding carboxylic acids is 1. The molecule has 200 valence electrons. The number of fused-ring (bicyclic) bond motifs is 2. The number of anilines is 2. The van der Waals surface area contributed by atoms with E-state index in [1.54, 1.807) is 18.6 Å². The summed E-state index contributed by atoms with van der Waals surface area (Å²) in [6, 6.07) is 5.87. The maximum atomic E-state index is 12.4. The number of aromatic amines is 2. The molecule has 5 aromatic heterocycles. The SMILES string of the molecule is CN1CCN(c2nccc3[nH]c(-c4[nH]nc5ncc(-c6cncc(NC(=O)CC(C)(C)C)c6)cc45)nc23)CC1. The van der Waals surface area contributed by atoms with Crippen molar-refractivity contribution < 1.29 is 4.79 Å². The fraction of sp³-hybridized carbons (Fsp3) is 0.357. The Hall–Kier alpha value is -4.38. The van der Waals surface area contributed by atoms with E-state index in [4.69, 9.17) is 4.98 Å². The molecule has 1 amide bonds. The first kappa shape index (κ1) is 24.9. The third-order valence-corrected chi connectivity index (χ3v) is 6.88. The molecule has 1 fully saturated rings. The Labute approximate surface area is 226 Å². The first-order chi connectivity index (χ1) is 18.7. The maximum absolute atomic E-state index is 12.4. The molecule has 1 saturated heterocycles. The normalized spacial score (nSPS) is 14.8. The van der Waals surface area contributed by atoms with Crippen molar-refractivity contribution in [3.05, 3.63) is 43.0 Å². The lowest BCUT2D eigenvalue weighted by atomic mass is 9.92. The van der Waals surface area contributed by atoms with Gasteiger partial charge in [-0.1, -0.05) is 20.8 Å². The fourth-order valence-corrected chi connectivity index (χ4v) is 4.88. The second-order valence-electron chi connectivity index (χ2n) is 11.3. The van der Waals surface area contributed by atoms with Crippen LogP contribution in [0.5, 0.6) is 0 Å². The molecule has 11 heteroatoms. The molecule has 11 nitrogen and oxygen atoms in total. The highest BCUT2D eigenvalue weighted by atomic mass is 16.1. The van der Waals surface area contributed by atoms with E-state index in [-0.39, 0.29) is 11.3 Å². The van der Waals surface area contributed by atoms with Gasteiger partial charge >= 0.3 is 0 Å². The Balaban J connectivity index is 1.32. The summed E-state index contributed by atoms with van der Waals surface area (Å²) in [6.07, 6.45) is 7.42. The van der Waals surface area contributed by atoms with Crippen LogP contribution in [-0.2, 0) is 4.79 Å². The van der Waals surface area contributed by atoms with Crippen LogP contribution < -0.4 is 10.2 Å². The number of imidazole rings is 1. The molecule has 6 rings (SSSR count). The molecule has 0 unspecified atom stereocenters. The minimum Gasteiger partial charge on any atom is -0.352 e. The van der Waals surface area contributed by atoms with E-state index in [9.17, 15) is 4.79 Å². The highest BCUT2D eigenvalue weighted by Crippen LogP contribution is 2.32. The Bertz CT molecular complexity index is 1660. The van der Waals surface area contributed by atoms with E-state index < -0.39 is 0 Å². The van der Waals surface area contributed by atoms with E-state index >= 15 is 0 Å².